The van der Waals surface area contributed by atoms with E-state index in [1.54, 1.807) is 13.8 Å². The van der Waals surface area contributed by atoms with Gasteiger partial charge < -0.3 is 18.9 Å². The number of benzene rings is 3. The Morgan fingerprint density at radius 2 is 1.67 bits per heavy atom. The Hall–Kier alpha value is -3.22. The highest BCUT2D eigenvalue weighted by molar-refractivity contribution is 6.17. The van der Waals surface area contributed by atoms with Crippen molar-refractivity contribution in [2.24, 2.45) is 0 Å². The second-order valence-electron chi connectivity index (χ2n) is 9.15. The van der Waals surface area contributed by atoms with Gasteiger partial charge in [-0.2, -0.15) is 0 Å². The standard InChI is InChI=1S/C30H32O6/c1-3-33-28(31)30(29(32)34-4-2)24-14-8-7-13-23(24)27-22(16-18-36-26-15-9-10-17-35-26)21-12-6-5-11-20(21)19-25(27)30/h5-8,11-14,19,26H,3-4,9-10,15-18H2,1-2H3. The molecule has 188 valence electrons. The molecule has 3 aromatic rings. The Labute approximate surface area is 211 Å². The molecule has 0 N–H and O–H groups in total. The van der Waals surface area contributed by atoms with E-state index in [0.717, 1.165) is 53.3 Å². The van der Waals surface area contributed by atoms with Crippen molar-refractivity contribution < 1.29 is 28.5 Å². The van der Waals surface area contributed by atoms with Gasteiger partial charge in [0.25, 0.3) is 0 Å². The fraction of sp³-hybridized carbons (Fsp3) is 0.400. The van der Waals surface area contributed by atoms with Crippen LogP contribution in [-0.2, 0) is 40.4 Å². The molecule has 1 heterocycles. The van der Waals surface area contributed by atoms with Gasteiger partial charge in [-0.05, 0) is 84.2 Å². The minimum atomic E-state index is -1.68. The van der Waals surface area contributed by atoms with Crippen LogP contribution in [0.4, 0.5) is 0 Å². The predicted octanol–water partition coefficient (Wildman–Crippen LogP) is 5.32. The number of carbonyl (C=O) groups excluding carboxylic acids is 2. The molecule has 6 nitrogen and oxygen atoms in total. The zero-order valence-electron chi connectivity index (χ0n) is 20.9. The first kappa shape index (κ1) is 24.5. The van der Waals surface area contributed by atoms with Crippen molar-refractivity contribution >= 4 is 22.7 Å². The molecule has 1 unspecified atom stereocenters. The van der Waals surface area contributed by atoms with E-state index >= 15 is 0 Å². The van der Waals surface area contributed by atoms with Crippen LogP contribution in [-0.4, -0.2) is 44.7 Å². The summed E-state index contributed by atoms with van der Waals surface area (Å²) in [5, 5.41) is 2.02. The highest BCUT2D eigenvalue weighted by Gasteiger charge is 2.58. The first-order valence-corrected chi connectivity index (χ1v) is 12.9. The van der Waals surface area contributed by atoms with E-state index in [1.165, 1.54) is 0 Å². The number of hydrogen-bond acceptors (Lipinski definition) is 6. The summed E-state index contributed by atoms with van der Waals surface area (Å²) in [4.78, 5) is 27.4. The molecule has 0 amide bonds. The van der Waals surface area contributed by atoms with Crippen LogP contribution in [0, 0.1) is 0 Å². The van der Waals surface area contributed by atoms with E-state index in [2.05, 4.69) is 6.07 Å². The average Bonchev–Trinajstić information content (AvgIpc) is 3.20. The van der Waals surface area contributed by atoms with Crippen LogP contribution in [0.1, 0.15) is 49.8 Å². The monoisotopic (exact) mass is 488 g/mol. The Morgan fingerprint density at radius 3 is 2.39 bits per heavy atom. The smallest absolute Gasteiger partial charge is 0.332 e. The van der Waals surface area contributed by atoms with Crippen molar-refractivity contribution in [3.05, 3.63) is 71.3 Å². The van der Waals surface area contributed by atoms with Crippen LogP contribution in [0.3, 0.4) is 0 Å². The summed E-state index contributed by atoms with van der Waals surface area (Å²) in [6.45, 7) is 5.01. The molecule has 0 aromatic heterocycles. The van der Waals surface area contributed by atoms with E-state index in [1.807, 2.05) is 48.5 Å². The molecule has 36 heavy (non-hydrogen) atoms. The quantitative estimate of drug-likeness (QED) is 0.316. The molecule has 1 aliphatic carbocycles. The van der Waals surface area contributed by atoms with Gasteiger partial charge >= 0.3 is 11.9 Å². The van der Waals surface area contributed by atoms with Gasteiger partial charge in [-0.15, -0.1) is 0 Å². The molecule has 5 rings (SSSR count). The van der Waals surface area contributed by atoms with Crippen LogP contribution in [0.15, 0.2) is 54.6 Å². The molecule has 0 saturated carbocycles. The molecule has 2 aliphatic rings. The molecule has 1 atom stereocenters. The molecular weight excluding hydrogens is 456 g/mol. The summed E-state index contributed by atoms with van der Waals surface area (Å²) in [6.07, 6.45) is 3.48. The molecule has 0 spiro atoms. The molecule has 6 heteroatoms. The van der Waals surface area contributed by atoms with Crippen molar-refractivity contribution in [2.45, 2.75) is 51.2 Å². The maximum absolute atomic E-state index is 13.7. The van der Waals surface area contributed by atoms with E-state index in [9.17, 15) is 9.59 Å². The summed E-state index contributed by atoms with van der Waals surface area (Å²) < 4.78 is 22.9. The summed E-state index contributed by atoms with van der Waals surface area (Å²) in [6, 6.07) is 17.6. The normalized spacial score (nSPS) is 17.9. The fourth-order valence-corrected chi connectivity index (χ4v) is 5.60. The van der Waals surface area contributed by atoms with Gasteiger partial charge in [-0.1, -0.05) is 48.5 Å². The van der Waals surface area contributed by atoms with Crippen molar-refractivity contribution in [1.29, 1.82) is 0 Å². The van der Waals surface area contributed by atoms with Gasteiger partial charge in [-0.3, -0.25) is 9.59 Å². The van der Waals surface area contributed by atoms with Crippen LogP contribution in [0.5, 0.6) is 0 Å². The van der Waals surface area contributed by atoms with Gasteiger partial charge in [0, 0.05) is 6.61 Å². The molecule has 0 bridgehead atoms. The molecule has 1 fully saturated rings. The lowest BCUT2D eigenvalue weighted by atomic mass is 9.77. The number of rotatable bonds is 8. The predicted molar refractivity (Wildman–Crippen MR) is 137 cm³/mol. The first-order chi connectivity index (χ1) is 17.6. The van der Waals surface area contributed by atoms with Crippen LogP contribution < -0.4 is 0 Å². The summed E-state index contributed by atoms with van der Waals surface area (Å²) in [5.74, 6) is -1.22. The van der Waals surface area contributed by atoms with Crippen molar-refractivity contribution in [3.63, 3.8) is 0 Å². The largest absolute Gasteiger partial charge is 0.465 e. The Balaban J connectivity index is 1.70. The van der Waals surface area contributed by atoms with Gasteiger partial charge in [0.2, 0.25) is 5.41 Å². The highest BCUT2D eigenvalue weighted by atomic mass is 16.7. The molecular formula is C30H32O6. The third-order valence-corrected chi connectivity index (χ3v) is 7.12. The Kier molecular flexibility index (Phi) is 7.08. The molecule has 0 radical (unpaired) electrons. The zero-order chi connectivity index (χ0) is 25.1. The van der Waals surface area contributed by atoms with Crippen LogP contribution >= 0.6 is 0 Å². The lowest BCUT2D eigenvalue weighted by Gasteiger charge is -2.27. The maximum Gasteiger partial charge on any atom is 0.332 e. The van der Waals surface area contributed by atoms with E-state index < -0.39 is 17.4 Å². The van der Waals surface area contributed by atoms with Crippen LogP contribution in [0.25, 0.3) is 21.9 Å². The Bertz CT molecular complexity index is 1260. The highest BCUT2D eigenvalue weighted by Crippen LogP contribution is 2.53. The average molecular weight is 489 g/mol. The van der Waals surface area contributed by atoms with E-state index in [4.69, 9.17) is 18.9 Å². The minimum absolute atomic E-state index is 0.160. The third kappa shape index (κ3) is 3.98. The topological polar surface area (TPSA) is 71.1 Å². The maximum atomic E-state index is 13.7. The second kappa shape index (κ2) is 10.4. The number of esters is 2. The second-order valence-corrected chi connectivity index (χ2v) is 9.15. The first-order valence-electron chi connectivity index (χ1n) is 12.9. The fourth-order valence-electron chi connectivity index (χ4n) is 5.60. The van der Waals surface area contributed by atoms with E-state index in [0.29, 0.717) is 24.2 Å². The summed E-state index contributed by atoms with van der Waals surface area (Å²) in [7, 11) is 0. The Morgan fingerprint density at radius 1 is 0.944 bits per heavy atom. The SMILES string of the molecule is CCOC(=O)C1(C(=O)OCC)c2ccccc2-c2c1cc1ccccc1c2CCOC1CCCCO1. The van der Waals surface area contributed by atoms with Crippen molar-refractivity contribution in [3.8, 4) is 11.1 Å². The molecule has 1 saturated heterocycles. The number of ether oxygens (including phenoxy) is 4. The molecule has 1 aliphatic heterocycles. The van der Waals surface area contributed by atoms with Crippen molar-refractivity contribution in [1.82, 2.24) is 0 Å². The number of hydrogen-bond donors (Lipinski definition) is 0. The third-order valence-electron chi connectivity index (χ3n) is 7.12. The number of carbonyl (C=O) groups is 2. The van der Waals surface area contributed by atoms with Gasteiger partial charge in [-0.25, -0.2) is 0 Å². The van der Waals surface area contributed by atoms with Crippen molar-refractivity contribution in [2.75, 3.05) is 26.4 Å². The van der Waals surface area contributed by atoms with Gasteiger partial charge in [0.05, 0.1) is 19.8 Å². The van der Waals surface area contributed by atoms with Gasteiger partial charge in [0.15, 0.2) is 6.29 Å². The van der Waals surface area contributed by atoms with E-state index in [-0.39, 0.29) is 19.5 Å². The summed E-state index contributed by atoms with van der Waals surface area (Å²) >= 11 is 0. The molecule has 3 aromatic carbocycles. The number of fused-ring (bicyclic) bond motifs is 4. The lowest BCUT2D eigenvalue weighted by molar-refractivity contribution is -0.162. The van der Waals surface area contributed by atoms with Gasteiger partial charge in [0.1, 0.15) is 0 Å². The zero-order valence-corrected chi connectivity index (χ0v) is 20.9. The minimum Gasteiger partial charge on any atom is -0.465 e. The summed E-state index contributed by atoms with van der Waals surface area (Å²) in [5.41, 5.74) is 2.32. The van der Waals surface area contributed by atoms with Crippen LogP contribution in [0.2, 0.25) is 0 Å². The lowest BCUT2D eigenvalue weighted by Crippen LogP contribution is -2.45.